The topological polar surface area (TPSA) is 101 Å². The Kier molecular flexibility index (Phi) is 7.59. The molecule has 0 spiro atoms. The Bertz CT molecular complexity index is 710. The minimum absolute atomic E-state index is 0.00203. The van der Waals surface area contributed by atoms with Gasteiger partial charge >= 0.3 is 0 Å². The fraction of sp³-hybridized carbons (Fsp3) is 0.600. The smallest absolute Gasteiger partial charge is 0.251 e. The van der Waals surface area contributed by atoms with Crippen molar-refractivity contribution < 1.29 is 13.2 Å². The van der Waals surface area contributed by atoms with Gasteiger partial charge in [-0.15, -0.1) is 0 Å². The van der Waals surface area contributed by atoms with Gasteiger partial charge in [0.2, 0.25) is 15.9 Å². The van der Waals surface area contributed by atoms with Crippen molar-refractivity contribution in [2.75, 3.05) is 26.7 Å². The van der Waals surface area contributed by atoms with Gasteiger partial charge in [0, 0.05) is 37.9 Å². The van der Waals surface area contributed by atoms with Crippen molar-refractivity contribution in [3.63, 3.8) is 0 Å². The zero-order chi connectivity index (χ0) is 18.3. The first-order chi connectivity index (χ1) is 11.3. The zero-order valence-corrected chi connectivity index (χ0v) is 15.4. The molecule has 1 amide bonds. The first kappa shape index (κ1) is 20.3. The molecule has 0 aliphatic rings. The number of carbonyl (C=O) groups excluding carboxylic acids is 1. The lowest BCUT2D eigenvalue weighted by Crippen LogP contribution is -2.40. The van der Waals surface area contributed by atoms with Crippen LogP contribution >= 0.6 is 0 Å². The molecule has 1 aromatic heterocycles. The average Bonchev–Trinajstić information content (AvgIpc) is 2.55. The highest BCUT2D eigenvalue weighted by molar-refractivity contribution is 7.89. The van der Waals surface area contributed by atoms with E-state index in [1.807, 2.05) is 6.92 Å². The largest absolute Gasteiger partial charge is 0.353 e. The summed E-state index contributed by atoms with van der Waals surface area (Å²) in [5.41, 5.74) is -0.426. The molecular weight excluding hydrogens is 332 g/mol. The van der Waals surface area contributed by atoms with Crippen molar-refractivity contribution in [2.45, 2.75) is 38.3 Å². The average molecular weight is 358 g/mol. The number of rotatable bonds is 9. The fourth-order valence-electron chi connectivity index (χ4n) is 2.08. The Balaban J connectivity index is 2.99. The van der Waals surface area contributed by atoms with Crippen molar-refractivity contribution in [3.05, 3.63) is 28.7 Å². The number of aromatic nitrogens is 1. The van der Waals surface area contributed by atoms with Crippen LogP contribution in [0.25, 0.3) is 0 Å². The minimum Gasteiger partial charge on any atom is -0.353 e. The van der Waals surface area contributed by atoms with E-state index in [9.17, 15) is 18.0 Å². The zero-order valence-electron chi connectivity index (χ0n) is 14.6. The Hall–Kier alpha value is -1.71. The molecule has 1 aromatic rings. The van der Waals surface area contributed by atoms with E-state index in [1.165, 1.54) is 22.6 Å². The molecule has 8 nitrogen and oxygen atoms in total. The van der Waals surface area contributed by atoms with Crippen LogP contribution in [0.3, 0.4) is 0 Å². The second kappa shape index (κ2) is 8.95. The highest BCUT2D eigenvalue weighted by Crippen LogP contribution is 2.13. The number of likely N-dealkylation sites (N-methyl/N-ethyl adjacent to an activating group) is 1. The normalized spacial score (nSPS) is 13.0. The first-order valence-electron chi connectivity index (χ1n) is 7.90. The van der Waals surface area contributed by atoms with Gasteiger partial charge in [0.15, 0.2) is 0 Å². The summed E-state index contributed by atoms with van der Waals surface area (Å²) in [7, 11) is -1.89. The van der Waals surface area contributed by atoms with Crippen LogP contribution < -0.4 is 16.2 Å². The lowest BCUT2D eigenvalue weighted by molar-refractivity contribution is -0.121. The highest BCUT2D eigenvalue weighted by Gasteiger charge is 2.22. The van der Waals surface area contributed by atoms with Crippen LogP contribution in [0.1, 0.15) is 20.8 Å². The molecule has 0 saturated carbocycles. The van der Waals surface area contributed by atoms with Crippen LogP contribution in [0, 0.1) is 0 Å². The van der Waals surface area contributed by atoms with E-state index in [1.54, 1.807) is 20.9 Å². The van der Waals surface area contributed by atoms with Gasteiger partial charge < -0.3 is 15.2 Å². The molecule has 24 heavy (non-hydrogen) atoms. The van der Waals surface area contributed by atoms with E-state index in [-0.39, 0.29) is 23.4 Å². The molecule has 1 unspecified atom stereocenters. The summed E-state index contributed by atoms with van der Waals surface area (Å²) < 4.78 is 27.4. The number of carbonyl (C=O) groups is 1. The summed E-state index contributed by atoms with van der Waals surface area (Å²) in [5.74, 6) is -0.350. The van der Waals surface area contributed by atoms with Gasteiger partial charge in [-0.3, -0.25) is 9.59 Å². The van der Waals surface area contributed by atoms with Crippen molar-refractivity contribution in [2.24, 2.45) is 0 Å². The van der Waals surface area contributed by atoms with Gasteiger partial charge in [-0.05, 0) is 20.0 Å². The standard InChI is InChI=1S/C15H26N4O4S/c1-5-19(6-2)24(22,23)13-7-8-15(21)18(10-13)11-14(20)17-9-12(3)16-4/h7-8,10,12,16H,5-6,9,11H2,1-4H3,(H,17,20). The third-order valence-corrected chi connectivity index (χ3v) is 5.75. The molecule has 0 aliphatic heterocycles. The number of pyridine rings is 1. The number of hydrogen-bond acceptors (Lipinski definition) is 5. The predicted molar refractivity (Wildman–Crippen MR) is 92.3 cm³/mol. The van der Waals surface area contributed by atoms with Gasteiger partial charge in [0.25, 0.3) is 5.56 Å². The maximum atomic E-state index is 12.5. The van der Waals surface area contributed by atoms with Crippen molar-refractivity contribution in [3.8, 4) is 0 Å². The molecule has 0 aromatic carbocycles. The van der Waals surface area contributed by atoms with Crippen LogP contribution in [0.5, 0.6) is 0 Å². The number of nitrogens with zero attached hydrogens (tertiary/aromatic N) is 2. The molecule has 0 saturated heterocycles. The van der Waals surface area contributed by atoms with E-state index in [0.29, 0.717) is 19.6 Å². The van der Waals surface area contributed by atoms with E-state index < -0.39 is 15.6 Å². The summed E-state index contributed by atoms with van der Waals surface area (Å²) in [4.78, 5) is 23.8. The second-order valence-electron chi connectivity index (χ2n) is 5.41. The molecule has 1 heterocycles. The van der Waals surface area contributed by atoms with E-state index in [0.717, 1.165) is 4.57 Å². The Morgan fingerprint density at radius 3 is 2.46 bits per heavy atom. The molecule has 2 N–H and O–H groups in total. The number of nitrogens with one attached hydrogen (secondary N) is 2. The molecule has 1 atom stereocenters. The summed E-state index contributed by atoms with van der Waals surface area (Å²) >= 11 is 0. The van der Waals surface area contributed by atoms with Gasteiger partial charge in [0.1, 0.15) is 6.54 Å². The third kappa shape index (κ3) is 5.15. The molecule has 0 aliphatic carbocycles. The maximum Gasteiger partial charge on any atom is 0.251 e. The van der Waals surface area contributed by atoms with Gasteiger partial charge in [-0.2, -0.15) is 4.31 Å². The quantitative estimate of drug-likeness (QED) is 0.626. The minimum atomic E-state index is -3.67. The van der Waals surface area contributed by atoms with Crippen LogP contribution in [-0.2, 0) is 21.4 Å². The Morgan fingerprint density at radius 1 is 1.29 bits per heavy atom. The van der Waals surface area contributed by atoms with Gasteiger partial charge in [0.05, 0.1) is 4.90 Å². The van der Waals surface area contributed by atoms with E-state index >= 15 is 0 Å². The van der Waals surface area contributed by atoms with Crippen LogP contribution in [-0.4, -0.2) is 55.9 Å². The van der Waals surface area contributed by atoms with Crippen LogP contribution in [0.4, 0.5) is 0 Å². The summed E-state index contributed by atoms with van der Waals surface area (Å²) in [5, 5.41) is 5.67. The molecule has 136 valence electrons. The molecule has 0 fully saturated rings. The van der Waals surface area contributed by atoms with Crippen molar-refractivity contribution in [1.82, 2.24) is 19.5 Å². The van der Waals surface area contributed by atoms with E-state index in [2.05, 4.69) is 10.6 Å². The predicted octanol–water partition coefficient (Wildman–Crippen LogP) is -0.397. The van der Waals surface area contributed by atoms with Gasteiger partial charge in [-0.1, -0.05) is 13.8 Å². The summed E-state index contributed by atoms with van der Waals surface area (Å²) in [6.45, 7) is 6.25. The van der Waals surface area contributed by atoms with E-state index in [4.69, 9.17) is 0 Å². The molecule has 0 radical (unpaired) electrons. The molecule has 0 bridgehead atoms. The summed E-state index contributed by atoms with van der Waals surface area (Å²) in [6.07, 6.45) is 1.22. The first-order valence-corrected chi connectivity index (χ1v) is 9.34. The van der Waals surface area contributed by atoms with Crippen LogP contribution in [0.2, 0.25) is 0 Å². The SMILES string of the molecule is CCN(CC)S(=O)(=O)c1ccc(=O)n(CC(=O)NCC(C)NC)c1. The Morgan fingerprint density at radius 2 is 1.92 bits per heavy atom. The Labute approximate surface area is 142 Å². The van der Waals surface area contributed by atoms with Crippen molar-refractivity contribution >= 4 is 15.9 Å². The molecule has 1 rings (SSSR count). The summed E-state index contributed by atoms with van der Waals surface area (Å²) in [6, 6.07) is 2.54. The fourth-order valence-corrected chi connectivity index (χ4v) is 3.56. The molecule has 9 heteroatoms. The molecular formula is C15H26N4O4S. The van der Waals surface area contributed by atoms with Gasteiger partial charge in [-0.25, -0.2) is 8.42 Å². The monoisotopic (exact) mass is 358 g/mol. The second-order valence-corrected chi connectivity index (χ2v) is 7.35. The highest BCUT2D eigenvalue weighted by atomic mass is 32.2. The lowest BCUT2D eigenvalue weighted by atomic mass is 10.3. The number of hydrogen-bond donors (Lipinski definition) is 2. The number of sulfonamides is 1. The maximum absolute atomic E-state index is 12.5. The van der Waals surface area contributed by atoms with Crippen LogP contribution in [0.15, 0.2) is 28.0 Å². The lowest BCUT2D eigenvalue weighted by Gasteiger charge is -2.19. The van der Waals surface area contributed by atoms with Crippen molar-refractivity contribution in [1.29, 1.82) is 0 Å². The number of amides is 1. The third-order valence-electron chi connectivity index (χ3n) is 3.71.